The molecule has 0 saturated heterocycles. The van der Waals surface area contributed by atoms with Crippen LogP contribution in [0, 0.1) is 5.92 Å². The van der Waals surface area contributed by atoms with Gasteiger partial charge in [0.2, 0.25) is 0 Å². The van der Waals surface area contributed by atoms with Gasteiger partial charge in [0.25, 0.3) is 0 Å². The molecule has 2 unspecified atom stereocenters. The van der Waals surface area contributed by atoms with Crippen LogP contribution in [0.2, 0.25) is 0 Å². The number of hydrogen-bond donors (Lipinski definition) is 0. The van der Waals surface area contributed by atoms with E-state index in [9.17, 15) is 0 Å². The Morgan fingerprint density at radius 3 is 2.74 bits per heavy atom. The molecule has 2 aromatic carbocycles. The summed E-state index contributed by atoms with van der Waals surface area (Å²) < 4.78 is 11.9. The van der Waals surface area contributed by atoms with Gasteiger partial charge in [0.05, 0.1) is 18.7 Å². The standard InChI is InChI=1S/C22H26N2O3/c1-24(2)12-7-13-26-23-21-18-14-17(25-3)10-11-20(18)27-22(15-19(21)22)16-8-5-4-6-9-16/h4-6,8-11,14,19H,7,12-13,15H2,1-3H3. The summed E-state index contributed by atoms with van der Waals surface area (Å²) in [6.07, 6.45) is 1.85. The molecule has 0 amide bonds. The van der Waals surface area contributed by atoms with Crippen molar-refractivity contribution in [3.05, 3.63) is 59.7 Å². The van der Waals surface area contributed by atoms with Gasteiger partial charge in [-0.1, -0.05) is 35.5 Å². The van der Waals surface area contributed by atoms with Crippen LogP contribution in [0.25, 0.3) is 0 Å². The van der Waals surface area contributed by atoms with Crippen LogP contribution in [0.5, 0.6) is 11.5 Å². The van der Waals surface area contributed by atoms with Gasteiger partial charge in [0.15, 0.2) is 0 Å². The predicted octanol–water partition coefficient (Wildman–Crippen LogP) is 3.68. The molecule has 142 valence electrons. The van der Waals surface area contributed by atoms with E-state index < -0.39 is 0 Å². The van der Waals surface area contributed by atoms with Crippen molar-refractivity contribution < 1.29 is 14.3 Å². The van der Waals surface area contributed by atoms with Gasteiger partial charge >= 0.3 is 0 Å². The molecule has 0 bridgehead atoms. The van der Waals surface area contributed by atoms with Crippen molar-refractivity contribution in [2.45, 2.75) is 18.4 Å². The summed E-state index contributed by atoms with van der Waals surface area (Å²) in [6, 6.07) is 16.3. The number of nitrogens with zero attached hydrogens (tertiary/aromatic N) is 2. The summed E-state index contributed by atoms with van der Waals surface area (Å²) in [4.78, 5) is 7.84. The van der Waals surface area contributed by atoms with Gasteiger partial charge in [0.1, 0.15) is 23.7 Å². The van der Waals surface area contributed by atoms with Crippen LogP contribution in [-0.2, 0) is 10.4 Å². The van der Waals surface area contributed by atoms with E-state index in [1.165, 1.54) is 5.56 Å². The van der Waals surface area contributed by atoms with E-state index in [-0.39, 0.29) is 11.5 Å². The Morgan fingerprint density at radius 1 is 1.19 bits per heavy atom. The first-order valence-electron chi connectivity index (χ1n) is 9.41. The van der Waals surface area contributed by atoms with Crippen molar-refractivity contribution in [3.8, 4) is 11.5 Å². The first kappa shape index (κ1) is 17.9. The third kappa shape index (κ3) is 3.39. The number of rotatable bonds is 7. The highest BCUT2D eigenvalue weighted by atomic mass is 16.6. The van der Waals surface area contributed by atoms with Crippen LogP contribution in [0.1, 0.15) is 24.0 Å². The monoisotopic (exact) mass is 366 g/mol. The average Bonchev–Trinajstić information content (AvgIpc) is 3.42. The summed E-state index contributed by atoms with van der Waals surface area (Å²) >= 11 is 0. The largest absolute Gasteiger partial charge is 0.497 e. The van der Waals surface area contributed by atoms with E-state index in [1.54, 1.807) is 7.11 Å². The summed E-state index contributed by atoms with van der Waals surface area (Å²) in [5.41, 5.74) is 2.80. The van der Waals surface area contributed by atoms with E-state index in [0.717, 1.165) is 42.2 Å². The van der Waals surface area contributed by atoms with Crippen LogP contribution >= 0.6 is 0 Å². The second-order valence-electron chi connectivity index (χ2n) is 7.44. The fourth-order valence-corrected chi connectivity index (χ4v) is 3.76. The number of benzene rings is 2. The van der Waals surface area contributed by atoms with Crippen molar-refractivity contribution in [1.82, 2.24) is 4.90 Å². The molecule has 1 fully saturated rings. The Hall–Kier alpha value is -2.53. The van der Waals surface area contributed by atoms with Gasteiger partial charge in [-0.15, -0.1) is 0 Å². The molecule has 27 heavy (non-hydrogen) atoms. The topological polar surface area (TPSA) is 43.3 Å². The Labute approximate surface area is 160 Å². The molecule has 5 heteroatoms. The maximum Gasteiger partial charge on any atom is 0.143 e. The van der Waals surface area contributed by atoms with Crippen molar-refractivity contribution in [3.63, 3.8) is 0 Å². The molecule has 1 saturated carbocycles. The first-order chi connectivity index (χ1) is 13.1. The summed E-state index contributed by atoms with van der Waals surface area (Å²) in [7, 11) is 5.79. The lowest BCUT2D eigenvalue weighted by Crippen LogP contribution is -2.28. The highest BCUT2D eigenvalue weighted by Crippen LogP contribution is 2.60. The van der Waals surface area contributed by atoms with Crippen LogP contribution in [-0.4, -0.2) is 45.0 Å². The second kappa shape index (κ2) is 7.24. The fraction of sp³-hybridized carbons (Fsp3) is 0.409. The smallest absolute Gasteiger partial charge is 0.143 e. The van der Waals surface area contributed by atoms with Gasteiger partial charge in [-0.25, -0.2) is 0 Å². The van der Waals surface area contributed by atoms with Crippen LogP contribution in [0.3, 0.4) is 0 Å². The van der Waals surface area contributed by atoms with E-state index in [1.807, 2.05) is 24.3 Å². The number of ether oxygens (including phenoxy) is 2. The molecule has 0 aromatic heterocycles. The molecular weight excluding hydrogens is 340 g/mol. The van der Waals surface area contributed by atoms with Gasteiger partial charge < -0.3 is 19.2 Å². The molecule has 0 radical (unpaired) electrons. The minimum atomic E-state index is -0.325. The van der Waals surface area contributed by atoms with E-state index in [4.69, 9.17) is 14.3 Å². The van der Waals surface area contributed by atoms with E-state index in [2.05, 4.69) is 48.4 Å². The fourth-order valence-electron chi connectivity index (χ4n) is 3.76. The van der Waals surface area contributed by atoms with E-state index >= 15 is 0 Å². The van der Waals surface area contributed by atoms with Gasteiger partial charge in [-0.05, 0) is 44.3 Å². The lowest BCUT2D eigenvalue weighted by molar-refractivity contribution is 0.129. The second-order valence-corrected chi connectivity index (χ2v) is 7.44. The number of methoxy groups -OCH3 is 1. The molecule has 4 rings (SSSR count). The quantitative estimate of drug-likeness (QED) is 0.554. The van der Waals surface area contributed by atoms with Crippen LogP contribution in [0.4, 0.5) is 0 Å². The summed E-state index contributed by atoms with van der Waals surface area (Å²) in [5, 5.41) is 4.55. The van der Waals surface area contributed by atoms with Gasteiger partial charge in [-0.2, -0.15) is 0 Å². The lowest BCUT2D eigenvalue weighted by atomic mass is 9.95. The average molecular weight is 366 g/mol. The minimum Gasteiger partial charge on any atom is -0.497 e. The van der Waals surface area contributed by atoms with Gasteiger partial charge in [0, 0.05) is 18.5 Å². The number of oxime groups is 1. The lowest BCUT2D eigenvalue weighted by Gasteiger charge is -2.27. The number of hydrogen-bond acceptors (Lipinski definition) is 5. The molecule has 2 aromatic rings. The predicted molar refractivity (Wildman–Crippen MR) is 106 cm³/mol. The zero-order chi connectivity index (χ0) is 18.9. The Kier molecular flexibility index (Phi) is 4.79. The first-order valence-corrected chi connectivity index (χ1v) is 9.41. The molecule has 0 N–H and O–H groups in total. The molecular formula is C22H26N2O3. The number of fused-ring (bicyclic) bond motifs is 2. The molecule has 1 heterocycles. The maximum absolute atomic E-state index is 6.47. The molecule has 1 aliphatic heterocycles. The summed E-state index contributed by atoms with van der Waals surface area (Å²) in [6.45, 7) is 1.59. The third-order valence-electron chi connectivity index (χ3n) is 5.26. The van der Waals surface area contributed by atoms with Gasteiger partial charge in [-0.3, -0.25) is 0 Å². The van der Waals surface area contributed by atoms with Crippen molar-refractivity contribution in [2.24, 2.45) is 11.1 Å². The molecule has 0 spiro atoms. The molecule has 2 aliphatic rings. The molecule has 2 atom stereocenters. The Bertz CT molecular complexity index is 835. The van der Waals surface area contributed by atoms with Crippen LogP contribution < -0.4 is 9.47 Å². The zero-order valence-electron chi connectivity index (χ0n) is 16.1. The third-order valence-corrected chi connectivity index (χ3v) is 5.26. The molecule has 1 aliphatic carbocycles. The molecule has 5 nitrogen and oxygen atoms in total. The Balaban J connectivity index is 1.62. The Morgan fingerprint density at radius 2 is 2.00 bits per heavy atom. The highest BCUT2D eigenvalue weighted by molar-refractivity contribution is 6.08. The van der Waals surface area contributed by atoms with Crippen molar-refractivity contribution in [1.29, 1.82) is 0 Å². The van der Waals surface area contributed by atoms with Crippen molar-refractivity contribution in [2.75, 3.05) is 34.4 Å². The highest BCUT2D eigenvalue weighted by Gasteiger charge is 2.64. The zero-order valence-corrected chi connectivity index (χ0v) is 16.1. The SMILES string of the molecule is COc1ccc2c(c1)C(=NOCCCN(C)C)C1CC1(c1ccccc1)O2. The maximum atomic E-state index is 6.47. The summed E-state index contributed by atoms with van der Waals surface area (Å²) in [5.74, 6) is 1.84. The van der Waals surface area contributed by atoms with E-state index in [0.29, 0.717) is 6.61 Å². The van der Waals surface area contributed by atoms with Crippen molar-refractivity contribution >= 4 is 5.71 Å². The minimum absolute atomic E-state index is 0.202. The normalized spacial score (nSPS) is 24.1. The van der Waals surface area contributed by atoms with Crippen LogP contribution in [0.15, 0.2) is 53.7 Å².